The minimum Gasteiger partial charge on any atom is -0.433 e. The van der Waals surface area contributed by atoms with Crippen LogP contribution in [0.4, 0.5) is 5.82 Å². The average Bonchev–Trinajstić information content (AvgIpc) is 3.24. The number of nitrogens with zero attached hydrogens (tertiary/aromatic N) is 2. The smallest absolute Gasteiger partial charge is 0.352 e. The van der Waals surface area contributed by atoms with E-state index < -0.39 is 18.1 Å². The molecule has 138 valence electrons. The number of rotatable bonds is 3. The van der Waals surface area contributed by atoms with E-state index in [1.165, 1.54) is 4.90 Å². The molecule has 0 N–H and O–H groups in total. The Morgan fingerprint density at radius 2 is 2.08 bits per heavy atom. The molecule has 2 aromatic heterocycles. The molecular formula is C17H16Cl2N2O4S. The summed E-state index contributed by atoms with van der Waals surface area (Å²) in [4.78, 5) is 26.5. The molecule has 0 saturated heterocycles. The van der Waals surface area contributed by atoms with Crippen LogP contribution in [0.5, 0.6) is 0 Å². The molecule has 3 rings (SSSR count). The first-order chi connectivity index (χ1) is 12.1. The van der Waals surface area contributed by atoms with Gasteiger partial charge in [-0.1, -0.05) is 49.1 Å². The zero-order valence-electron chi connectivity index (χ0n) is 14.5. The minimum absolute atomic E-state index is 0.0135. The highest BCUT2D eigenvalue weighted by Crippen LogP contribution is 2.36. The monoisotopic (exact) mass is 414 g/mol. The number of ether oxygens (including phenoxy) is 1. The third-order valence-electron chi connectivity index (χ3n) is 3.86. The van der Waals surface area contributed by atoms with E-state index in [1.807, 2.05) is 20.8 Å². The van der Waals surface area contributed by atoms with Crippen LogP contribution in [0.2, 0.25) is 5.02 Å². The van der Waals surface area contributed by atoms with Crippen molar-refractivity contribution in [3.05, 3.63) is 43.8 Å². The molecule has 0 aliphatic carbocycles. The first-order valence-corrected chi connectivity index (χ1v) is 9.36. The first kappa shape index (κ1) is 18.9. The lowest BCUT2D eigenvalue weighted by atomic mass is 9.93. The van der Waals surface area contributed by atoms with Gasteiger partial charge in [0.1, 0.15) is 15.7 Å². The minimum atomic E-state index is -1.02. The molecule has 0 radical (unpaired) electrons. The van der Waals surface area contributed by atoms with Crippen molar-refractivity contribution < 1.29 is 18.8 Å². The van der Waals surface area contributed by atoms with Crippen molar-refractivity contribution in [3.63, 3.8) is 0 Å². The van der Waals surface area contributed by atoms with E-state index in [4.69, 9.17) is 32.5 Å². The molecule has 9 heteroatoms. The molecule has 2 aromatic rings. The molecule has 6 nitrogen and oxygen atoms in total. The largest absolute Gasteiger partial charge is 0.433 e. The van der Waals surface area contributed by atoms with Gasteiger partial charge in [0.2, 0.25) is 6.23 Å². The average molecular weight is 415 g/mol. The maximum absolute atomic E-state index is 12.6. The molecule has 3 heterocycles. The summed E-state index contributed by atoms with van der Waals surface area (Å²) >= 11 is 13.2. The summed E-state index contributed by atoms with van der Waals surface area (Å²) in [5.41, 5.74) is 0.120. The third-order valence-corrected chi connectivity index (χ3v) is 5.64. The van der Waals surface area contributed by atoms with Crippen molar-refractivity contribution in [1.29, 1.82) is 0 Å². The number of amides is 1. The van der Waals surface area contributed by atoms with Crippen molar-refractivity contribution in [2.24, 2.45) is 0 Å². The molecule has 1 aliphatic rings. The molecule has 1 aliphatic heterocycles. The molecule has 0 fully saturated rings. The van der Waals surface area contributed by atoms with Gasteiger partial charge in [-0.3, -0.25) is 4.79 Å². The van der Waals surface area contributed by atoms with Crippen molar-refractivity contribution in [1.82, 2.24) is 5.16 Å². The third kappa shape index (κ3) is 3.26. The molecule has 26 heavy (non-hydrogen) atoms. The van der Waals surface area contributed by atoms with Gasteiger partial charge in [0.25, 0.3) is 5.91 Å². The number of halogens is 2. The molecular weight excluding hydrogens is 399 g/mol. The van der Waals surface area contributed by atoms with E-state index >= 15 is 0 Å². The van der Waals surface area contributed by atoms with E-state index in [-0.39, 0.29) is 21.1 Å². The zero-order chi connectivity index (χ0) is 19.2. The van der Waals surface area contributed by atoms with Crippen LogP contribution in [-0.4, -0.2) is 23.3 Å². The number of carbonyl (C=O) groups excluding carboxylic acids is 2. The van der Waals surface area contributed by atoms with Gasteiger partial charge in [0.15, 0.2) is 5.82 Å². The molecule has 0 saturated carbocycles. The number of hydrogen-bond acceptors (Lipinski definition) is 6. The second-order valence-electron chi connectivity index (χ2n) is 6.83. The predicted molar refractivity (Wildman–Crippen MR) is 99.8 cm³/mol. The molecule has 0 spiro atoms. The zero-order valence-corrected chi connectivity index (χ0v) is 16.8. The number of esters is 1. The van der Waals surface area contributed by atoms with Crippen LogP contribution in [0, 0.1) is 0 Å². The summed E-state index contributed by atoms with van der Waals surface area (Å²) in [5, 5.41) is 5.91. The first-order valence-electron chi connectivity index (χ1n) is 7.72. The molecule has 1 amide bonds. The summed E-state index contributed by atoms with van der Waals surface area (Å²) < 4.78 is 10.9. The topological polar surface area (TPSA) is 72.6 Å². The lowest BCUT2D eigenvalue weighted by Crippen LogP contribution is -2.39. The SMILES string of the molecule is CC1=C(Cl)C(=O)N(c2cc(C(C)(C)C)on2)C1OC(=O)c1sccc1Cl. The maximum atomic E-state index is 12.6. The highest BCUT2D eigenvalue weighted by atomic mass is 35.5. The van der Waals surface area contributed by atoms with E-state index in [0.29, 0.717) is 16.4 Å². The van der Waals surface area contributed by atoms with Gasteiger partial charge in [0.05, 0.1) is 5.02 Å². The Morgan fingerprint density at radius 1 is 1.38 bits per heavy atom. The summed E-state index contributed by atoms with van der Waals surface area (Å²) in [6, 6.07) is 3.24. The van der Waals surface area contributed by atoms with Crippen LogP contribution in [0.15, 0.2) is 32.6 Å². The van der Waals surface area contributed by atoms with Crippen LogP contribution in [0.3, 0.4) is 0 Å². The van der Waals surface area contributed by atoms with Gasteiger partial charge in [-0.05, 0) is 18.4 Å². The Hall–Kier alpha value is -1.83. The van der Waals surface area contributed by atoms with Crippen LogP contribution >= 0.6 is 34.5 Å². The van der Waals surface area contributed by atoms with Crippen LogP contribution in [0.25, 0.3) is 0 Å². The quantitative estimate of drug-likeness (QED) is 0.678. The second-order valence-corrected chi connectivity index (χ2v) is 8.53. The van der Waals surface area contributed by atoms with Crippen molar-refractivity contribution in [3.8, 4) is 0 Å². The number of thiophene rings is 1. The predicted octanol–water partition coefficient (Wildman–Crippen LogP) is 4.73. The second kappa shape index (κ2) is 6.72. The van der Waals surface area contributed by atoms with Gasteiger partial charge in [0, 0.05) is 17.1 Å². The van der Waals surface area contributed by atoms with Gasteiger partial charge in [-0.2, -0.15) is 0 Å². The fourth-order valence-corrected chi connectivity index (χ4v) is 3.57. The Balaban J connectivity index is 1.93. The Morgan fingerprint density at radius 3 is 2.62 bits per heavy atom. The summed E-state index contributed by atoms with van der Waals surface area (Å²) in [7, 11) is 0. The molecule has 0 aromatic carbocycles. The van der Waals surface area contributed by atoms with Gasteiger partial charge in [-0.15, -0.1) is 11.3 Å². The van der Waals surface area contributed by atoms with Crippen molar-refractivity contribution in [2.75, 3.05) is 4.90 Å². The van der Waals surface area contributed by atoms with Gasteiger partial charge >= 0.3 is 5.97 Å². The molecule has 1 unspecified atom stereocenters. The van der Waals surface area contributed by atoms with Gasteiger partial charge in [-0.25, -0.2) is 9.69 Å². The molecule has 0 bridgehead atoms. The maximum Gasteiger partial charge on any atom is 0.352 e. The lowest BCUT2D eigenvalue weighted by molar-refractivity contribution is -0.115. The number of anilines is 1. The standard InChI is InChI=1S/C17H16Cl2N2O4S/c1-8-12(19)14(22)21(11-7-10(25-20-11)17(2,3)4)15(8)24-16(23)13-9(18)5-6-26-13/h5-7,15H,1-4H3. The Bertz CT molecular complexity index is 910. The fourth-order valence-electron chi connectivity index (χ4n) is 2.38. The fraction of sp³-hybridized carbons (Fsp3) is 0.353. The summed E-state index contributed by atoms with van der Waals surface area (Å²) in [6.07, 6.45) is -1.02. The van der Waals surface area contributed by atoms with Crippen LogP contribution in [-0.2, 0) is 14.9 Å². The van der Waals surface area contributed by atoms with Gasteiger partial charge < -0.3 is 9.26 Å². The molecule has 1 atom stereocenters. The number of hydrogen-bond donors (Lipinski definition) is 0. The van der Waals surface area contributed by atoms with E-state index in [9.17, 15) is 9.59 Å². The van der Waals surface area contributed by atoms with E-state index in [2.05, 4.69) is 5.16 Å². The van der Waals surface area contributed by atoms with E-state index in [0.717, 1.165) is 11.3 Å². The van der Waals surface area contributed by atoms with Crippen molar-refractivity contribution >= 4 is 52.2 Å². The number of carbonyl (C=O) groups is 2. The summed E-state index contributed by atoms with van der Waals surface area (Å²) in [5.74, 6) is -0.330. The van der Waals surface area contributed by atoms with Crippen molar-refractivity contribution in [2.45, 2.75) is 39.3 Å². The lowest BCUT2D eigenvalue weighted by Gasteiger charge is -2.23. The number of aromatic nitrogens is 1. The normalized spacial score (nSPS) is 18.0. The van der Waals surface area contributed by atoms with Crippen LogP contribution in [0.1, 0.15) is 43.1 Å². The summed E-state index contributed by atoms with van der Waals surface area (Å²) in [6.45, 7) is 7.49. The Labute approximate surface area is 164 Å². The highest BCUT2D eigenvalue weighted by molar-refractivity contribution is 7.12. The highest BCUT2D eigenvalue weighted by Gasteiger charge is 2.42. The van der Waals surface area contributed by atoms with Crippen LogP contribution < -0.4 is 4.90 Å². The van der Waals surface area contributed by atoms with E-state index in [1.54, 1.807) is 24.4 Å². The Kier molecular flexibility index (Phi) is 4.90.